The number of rotatable bonds is 6. The quantitative estimate of drug-likeness (QED) is 0.838. The molecule has 0 bridgehead atoms. The van der Waals surface area contributed by atoms with Gasteiger partial charge in [-0.05, 0) is 52.4 Å². The monoisotopic (exact) mass is 356 g/mol. The fourth-order valence-corrected chi connectivity index (χ4v) is 3.91. The molecule has 2 atom stereocenters. The first-order valence-electron chi connectivity index (χ1n) is 7.69. The lowest BCUT2D eigenvalue weighted by atomic mass is 9.82. The molecule has 0 heterocycles. The molecule has 2 unspecified atom stereocenters. The van der Waals surface area contributed by atoms with E-state index in [4.69, 9.17) is 9.47 Å². The molecule has 1 aliphatic rings. The van der Waals surface area contributed by atoms with Crippen LogP contribution in [-0.2, 0) is 11.2 Å². The molecular formula is C17H25BrO3. The fraction of sp³-hybridized carbons (Fsp3) is 0.647. The molecular weight excluding hydrogens is 332 g/mol. The molecule has 1 aromatic carbocycles. The number of aliphatic hydroxyl groups is 1. The molecule has 118 valence electrons. The second-order valence-corrected chi connectivity index (χ2v) is 6.69. The van der Waals surface area contributed by atoms with Crippen LogP contribution in [0.4, 0.5) is 0 Å². The van der Waals surface area contributed by atoms with Crippen LogP contribution in [0.15, 0.2) is 22.7 Å². The van der Waals surface area contributed by atoms with Crippen molar-refractivity contribution in [3.05, 3.63) is 28.2 Å². The Labute approximate surface area is 135 Å². The highest BCUT2D eigenvalue weighted by Crippen LogP contribution is 2.31. The van der Waals surface area contributed by atoms with Gasteiger partial charge in [-0.3, -0.25) is 0 Å². The molecule has 1 N–H and O–H groups in total. The van der Waals surface area contributed by atoms with Gasteiger partial charge in [-0.25, -0.2) is 0 Å². The topological polar surface area (TPSA) is 38.7 Å². The second-order valence-electron chi connectivity index (χ2n) is 5.84. The molecule has 0 aromatic heterocycles. The van der Waals surface area contributed by atoms with Crippen molar-refractivity contribution in [2.75, 3.05) is 14.2 Å². The minimum absolute atomic E-state index is 0.0637. The van der Waals surface area contributed by atoms with Crippen LogP contribution in [0.1, 0.15) is 37.7 Å². The van der Waals surface area contributed by atoms with E-state index >= 15 is 0 Å². The molecule has 0 spiro atoms. The van der Waals surface area contributed by atoms with Gasteiger partial charge in [-0.15, -0.1) is 0 Å². The molecule has 2 rings (SSSR count). The third-order valence-electron chi connectivity index (χ3n) is 4.43. The Hall–Kier alpha value is -0.580. The fourth-order valence-electron chi connectivity index (χ4n) is 3.32. The summed E-state index contributed by atoms with van der Waals surface area (Å²) in [6.07, 6.45) is 6.25. The SMILES string of the molecule is COc1ccc(CC(O)C(OC)C2CCCCC2)cc1Br. The smallest absolute Gasteiger partial charge is 0.133 e. The predicted molar refractivity (Wildman–Crippen MR) is 87.8 cm³/mol. The lowest BCUT2D eigenvalue weighted by molar-refractivity contribution is -0.0535. The number of methoxy groups -OCH3 is 2. The van der Waals surface area contributed by atoms with E-state index in [1.807, 2.05) is 18.2 Å². The summed E-state index contributed by atoms with van der Waals surface area (Å²) in [7, 11) is 3.37. The van der Waals surface area contributed by atoms with Gasteiger partial charge in [0.25, 0.3) is 0 Å². The van der Waals surface area contributed by atoms with E-state index < -0.39 is 6.10 Å². The highest BCUT2D eigenvalue weighted by atomic mass is 79.9. The zero-order chi connectivity index (χ0) is 15.2. The molecule has 0 aliphatic heterocycles. The third kappa shape index (κ3) is 4.44. The Morgan fingerprint density at radius 2 is 1.95 bits per heavy atom. The second kappa shape index (κ2) is 8.16. The molecule has 21 heavy (non-hydrogen) atoms. The Morgan fingerprint density at radius 3 is 2.52 bits per heavy atom. The zero-order valence-electron chi connectivity index (χ0n) is 12.8. The van der Waals surface area contributed by atoms with Crippen molar-refractivity contribution >= 4 is 15.9 Å². The van der Waals surface area contributed by atoms with Crippen molar-refractivity contribution in [3.8, 4) is 5.75 Å². The van der Waals surface area contributed by atoms with Gasteiger partial charge in [0, 0.05) is 13.5 Å². The van der Waals surface area contributed by atoms with Crippen LogP contribution >= 0.6 is 15.9 Å². The first-order valence-corrected chi connectivity index (χ1v) is 8.48. The normalized spacial score (nSPS) is 19.2. The van der Waals surface area contributed by atoms with Crippen LogP contribution in [0, 0.1) is 5.92 Å². The van der Waals surface area contributed by atoms with E-state index in [-0.39, 0.29) is 6.10 Å². The molecule has 0 saturated heterocycles. The maximum absolute atomic E-state index is 10.6. The van der Waals surface area contributed by atoms with Gasteiger partial charge in [0.2, 0.25) is 0 Å². The Bertz CT molecular complexity index is 444. The van der Waals surface area contributed by atoms with Crippen LogP contribution in [0.5, 0.6) is 5.75 Å². The van der Waals surface area contributed by atoms with Gasteiger partial charge >= 0.3 is 0 Å². The number of halogens is 1. The maximum Gasteiger partial charge on any atom is 0.133 e. The van der Waals surface area contributed by atoms with E-state index in [0.717, 1.165) is 15.8 Å². The molecule has 1 saturated carbocycles. The Kier molecular flexibility index (Phi) is 6.52. The molecule has 4 heteroatoms. The van der Waals surface area contributed by atoms with E-state index in [1.54, 1.807) is 14.2 Å². The van der Waals surface area contributed by atoms with Gasteiger partial charge in [-0.1, -0.05) is 25.3 Å². The number of hydrogen-bond donors (Lipinski definition) is 1. The first-order chi connectivity index (χ1) is 10.2. The minimum atomic E-state index is -0.460. The van der Waals surface area contributed by atoms with Crippen LogP contribution in [0.2, 0.25) is 0 Å². The van der Waals surface area contributed by atoms with Crippen molar-refractivity contribution in [2.24, 2.45) is 5.92 Å². The summed E-state index contributed by atoms with van der Waals surface area (Å²) in [6, 6.07) is 5.94. The van der Waals surface area contributed by atoms with Gasteiger partial charge in [0.1, 0.15) is 5.75 Å². The van der Waals surface area contributed by atoms with E-state index in [1.165, 1.54) is 32.1 Å². The van der Waals surface area contributed by atoms with E-state index in [0.29, 0.717) is 12.3 Å². The standard InChI is InChI=1S/C17H25BrO3/c1-20-16-9-8-12(10-14(16)18)11-15(19)17(21-2)13-6-4-3-5-7-13/h8-10,13,15,17,19H,3-7,11H2,1-2H3. The van der Waals surface area contributed by atoms with Crippen LogP contribution in [0.3, 0.4) is 0 Å². The summed E-state index contributed by atoms with van der Waals surface area (Å²) < 4.78 is 11.8. The minimum Gasteiger partial charge on any atom is -0.496 e. The molecule has 0 amide bonds. The van der Waals surface area contributed by atoms with Crippen LogP contribution in [-0.4, -0.2) is 31.5 Å². The molecule has 1 aromatic rings. The van der Waals surface area contributed by atoms with Gasteiger partial charge in [0.05, 0.1) is 23.8 Å². The van der Waals surface area contributed by atoms with Gasteiger partial charge in [-0.2, -0.15) is 0 Å². The number of ether oxygens (including phenoxy) is 2. The summed E-state index contributed by atoms with van der Waals surface area (Å²) in [5.74, 6) is 1.30. The lowest BCUT2D eigenvalue weighted by Crippen LogP contribution is -2.37. The van der Waals surface area contributed by atoms with Gasteiger partial charge in [0.15, 0.2) is 0 Å². The molecule has 1 aliphatic carbocycles. The summed E-state index contributed by atoms with van der Waals surface area (Å²) in [5.41, 5.74) is 1.09. The van der Waals surface area contributed by atoms with Crippen molar-refractivity contribution in [1.29, 1.82) is 0 Å². The molecule has 3 nitrogen and oxygen atoms in total. The summed E-state index contributed by atoms with van der Waals surface area (Å²) >= 11 is 3.49. The predicted octanol–water partition coefficient (Wildman–Crippen LogP) is 3.96. The van der Waals surface area contributed by atoms with E-state index in [2.05, 4.69) is 15.9 Å². The van der Waals surface area contributed by atoms with E-state index in [9.17, 15) is 5.11 Å². The van der Waals surface area contributed by atoms with Crippen molar-refractivity contribution < 1.29 is 14.6 Å². The Morgan fingerprint density at radius 1 is 1.24 bits per heavy atom. The van der Waals surface area contributed by atoms with Crippen LogP contribution in [0.25, 0.3) is 0 Å². The average Bonchev–Trinajstić information content (AvgIpc) is 2.49. The zero-order valence-corrected chi connectivity index (χ0v) is 14.4. The first kappa shape index (κ1) is 16.8. The lowest BCUT2D eigenvalue weighted by Gasteiger charge is -2.32. The van der Waals surface area contributed by atoms with Gasteiger partial charge < -0.3 is 14.6 Å². The van der Waals surface area contributed by atoms with Crippen molar-refractivity contribution in [2.45, 2.75) is 50.7 Å². The number of benzene rings is 1. The summed E-state index contributed by atoms with van der Waals surface area (Å²) in [4.78, 5) is 0. The number of aliphatic hydroxyl groups excluding tert-OH is 1. The highest BCUT2D eigenvalue weighted by molar-refractivity contribution is 9.10. The average molecular weight is 357 g/mol. The maximum atomic E-state index is 10.6. The molecule has 0 radical (unpaired) electrons. The Balaban J connectivity index is 2.01. The van der Waals surface area contributed by atoms with Crippen molar-refractivity contribution in [1.82, 2.24) is 0 Å². The largest absolute Gasteiger partial charge is 0.496 e. The highest BCUT2D eigenvalue weighted by Gasteiger charge is 2.29. The number of hydrogen-bond acceptors (Lipinski definition) is 3. The van der Waals surface area contributed by atoms with Crippen molar-refractivity contribution in [3.63, 3.8) is 0 Å². The molecule has 1 fully saturated rings. The summed E-state index contributed by atoms with van der Waals surface area (Å²) in [6.45, 7) is 0. The summed E-state index contributed by atoms with van der Waals surface area (Å²) in [5, 5.41) is 10.6. The third-order valence-corrected chi connectivity index (χ3v) is 5.05. The van der Waals surface area contributed by atoms with Crippen LogP contribution < -0.4 is 4.74 Å².